The van der Waals surface area contributed by atoms with Crippen LogP contribution in [0.2, 0.25) is 0 Å². The summed E-state index contributed by atoms with van der Waals surface area (Å²) in [5.74, 6) is 0.0235. The van der Waals surface area contributed by atoms with E-state index in [9.17, 15) is 13.2 Å². The third kappa shape index (κ3) is 3.19. The predicted octanol–water partition coefficient (Wildman–Crippen LogP) is 2.70. The third-order valence-corrected chi connectivity index (χ3v) is 11.0. The lowest BCUT2D eigenvalue weighted by atomic mass is 9.69. The van der Waals surface area contributed by atoms with Gasteiger partial charge in [0.2, 0.25) is 15.7 Å². The quantitative estimate of drug-likeness (QED) is 0.466. The molecule has 1 aromatic heterocycles. The molecule has 1 saturated heterocycles. The van der Waals surface area contributed by atoms with Crippen molar-refractivity contribution in [2.75, 3.05) is 25.4 Å². The van der Waals surface area contributed by atoms with Crippen molar-refractivity contribution in [2.45, 2.75) is 58.7 Å². The molecule has 0 spiro atoms. The van der Waals surface area contributed by atoms with Crippen LogP contribution in [0.4, 0.5) is 0 Å². The molecule has 3 aliphatic rings. The SMILES string of the molecule is CCN(CC)S(=O)(=O)C[C@]12CC[C@H](C[C@H]1OC(=O)[C@@]1(n3cnc4ccccc43)CN1)C2(C)C. The van der Waals surface area contributed by atoms with Gasteiger partial charge >= 0.3 is 5.97 Å². The zero-order valence-corrected chi connectivity index (χ0v) is 20.7. The highest BCUT2D eigenvalue weighted by Gasteiger charge is 2.68. The fourth-order valence-electron chi connectivity index (χ4n) is 6.53. The first kappa shape index (κ1) is 22.8. The second-order valence-corrected chi connectivity index (χ2v) is 12.4. The monoisotopic (exact) mass is 474 g/mol. The Hall–Kier alpha value is -1.97. The minimum Gasteiger partial charge on any atom is -0.459 e. The highest BCUT2D eigenvalue weighted by Crippen LogP contribution is 2.67. The molecule has 1 aliphatic heterocycles. The fraction of sp³-hybridized carbons (Fsp3) is 0.667. The van der Waals surface area contributed by atoms with Crippen molar-refractivity contribution >= 4 is 27.0 Å². The van der Waals surface area contributed by atoms with Crippen molar-refractivity contribution in [3.05, 3.63) is 30.6 Å². The average molecular weight is 475 g/mol. The molecular formula is C24H34N4O4S. The van der Waals surface area contributed by atoms with Crippen LogP contribution in [0.15, 0.2) is 30.6 Å². The first-order valence-electron chi connectivity index (χ1n) is 12.0. The van der Waals surface area contributed by atoms with Gasteiger partial charge in [-0.3, -0.25) is 5.32 Å². The minimum absolute atomic E-state index is 0.0254. The van der Waals surface area contributed by atoms with Crippen LogP contribution in [0, 0.1) is 16.7 Å². The van der Waals surface area contributed by atoms with Gasteiger partial charge in [-0.25, -0.2) is 22.5 Å². The molecule has 0 radical (unpaired) electrons. The van der Waals surface area contributed by atoms with Gasteiger partial charge in [0.25, 0.3) is 0 Å². The van der Waals surface area contributed by atoms with Crippen molar-refractivity contribution < 1.29 is 17.9 Å². The first-order valence-corrected chi connectivity index (χ1v) is 13.6. The molecule has 1 aromatic carbocycles. The van der Waals surface area contributed by atoms with Crippen LogP contribution >= 0.6 is 0 Å². The van der Waals surface area contributed by atoms with E-state index >= 15 is 0 Å². The molecule has 33 heavy (non-hydrogen) atoms. The van der Waals surface area contributed by atoms with Crippen LogP contribution in [0.5, 0.6) is 0 Å². The molecule has 2 aromatic rings. The van der Waals surface area contributed by atoms with E-state index in [1.165, 1.54) is 4.31 Å². The number of nitrogens with one attached hydrogen (secondary N) is 1. The topological polar surface area (TPSA) is 103 Å². The standard InChI is InChI=1S/C24H34N4O4S/c1-5-27(6-2)33(30,31)15-23-12-11-17(22(23,3)4)13-20(23)32-21(29)24(14-26-24)28-16-25-18-9-7-8-10-19(18)28/h7-10,16-17,20,26H,5-6,11-15H2,1-4H3/t17-,20-,23-,24+/m1/s1. The van der Waals surface area contributed by atoms with Crippen molar-refractivity contribution in [3.63, 3.8) is 0 Å². The maximum Gasteiger partial charge on any atom is 0.349 e. The molecule has 3 fully saturated rings. The fourth-order valence-corrected chi connectivity index (χ4v) is 8.85. The number of esters is 1. The van der Waals surface area contributed by atoms with Crippen molar-refractivity contribution in [3.8, 4) is 0 Å². The van der Waals surface area contributed by atoms with Crippen LogP contribution in [-0.4, -0.2) is 59.7 Å². The summed E-state index contributed by atoms with van der Waals surface area (Å²) in [5.41, 5.74) is -0.0832. The summed E-state index contributed by atoms with van der Waals surface area (Å²) in [5, 5.41) is 3.20. The summed E-state index contributed by atoms with van der Waals surface area (Å²) in [6, 6.07) is 7.70. The number of fused-ring (bicyclic) bond motifs is 3. The Bertz CT molecular complexity index is 1180. The molecular weight excluding hydrogens is 440 g/mol. The lowest BCUT2D eigenvalue weighted by molar-refractivity contribution is -0.162. The maximum atomic E-state index is 13.6. The third-order valence-electron chi connectivity index (χ3n) is 8.86. The number of sulfonamides is 1. The summed E-state index contributed by atoms with van der Waals surface area (Å²) < 4.78 is 36.3. The van der Waals surface area contributed by atoms with Crippen LogP contribution in [-0.2, 0) is 25.2 Å². The zero-order chi connectivity index (χ0) is 23.6. The maximum absolute atomic E-state index is 13.6. The Morgan fingerprint density at radius 3 is 2.61 bits per heavy atom. The number of rotatable bonds is 8. The molecule has 2 heterocycles. The summed E-state index contributed by atoms with van der Waals surface area (Å²) in [6.45, 7) is 9.41. The van der Waals surface area contributed by atoms with Crippen molar-refractivity contribution in [1.29, 1.82) is 0 Å². The Kier molecular flexibility index (Phi) is 5.19. The first-order chi connectivity index (χ1) is 15.6. The molecule has 2 bridgehead atoms. The smallest absolute Gasteiger partial charge is 0.349 e. The second kappa shape index (κ2) is 7.52. The summed E-state index contributed by atoms with van der Waals surface area (Å²) >= 11 is 0. The van der Waals surface area contributed by atoms with Gasteiger partial charge in [0.1, 0.15) is 6.10 Å². The van der Waals surface area contributed by atoms with Crippen LogP contribution < -0.4 is 5.32 Å². The molecule has 8 nitrogen and oxygen atoms in total. The van der Waals surface area contributed by atoms with E-state index in [1.54, 1.807) is 6.33 Å². The van der Waals surface area contributed by atoms with E-state index in [1.807, 2.05) is 42.7 Å². The van der Waals surface area contributed by atoms with Gasteiger partial charge < -0.3 is 9.30 Å². The lowest BCUT2D eigenvalue weighted by Crippen LogP contribution is -2.50. The van der Waals surface area contributed by atoms with Gasteiger partial charge in [-0.2, -0.15) is 0 Å². The Morgan fingerprint density at radius 1 is 1.27 bits per heavy atom. The van der Waals surface area contributed by atoms with Crippen LogP contribution in [0.25, 0.3) is 11.0 Å². The highest BCUT2D eigenvalue weighted by atomic mass is 32.2. The van der Waals surface area contributed by atoms with Crippen LogP contribution in [0.1, 0.15) is 47.0 Å². The number of carbonyl (C=O) groups excluding carboxylic acids is 1. The van der Waals surface area contributed by atoms with Crippen molar-refractivity contribution in [2.24, 2.45) is 16.7 Å². The number of carbonyl (C=O) groups is 1. The predicted molar refractivity (Wildman–Crippen MR) is 126 cm³/mol. The molecule has 180 valence electrons. The molecule has 4 atom stereocenters. The average Bonchev–Trinajstić information content (AvgIpc) is 3.35. The molecule has 1 N–H and O–H groups in total. The van der Waals surface area contributed by atoms with Gasteiger partial charge in [0, 0.05) is 25.0 Å². The number of hydrogen-bond acceptors (Lipinski definition) is 6. The van der Waals surface area contributed by atoms with Gasteiger partial charge in [0.05, 0.1) is 23.1 Å². The molecule has 0 amide bonds. The Morgan fingerprint density at radius 2 is 1.97 bits per heavy atom. The van der Waals surface area contributed by atoms with Gasteiger partial charge in [-0.05, 0) is 42.7 Å². The van der Waals surface area contributed by atoms with E-state index in [4.69, 9.17) is 4.74 Å². The van der Waals surface area contributed by atoms with Crippen molar-refractivity contribution in [1.82, 2.24) is 19.2 Å². The number of ether oxygens (including phenoxy) is 1. The van der Waals surface area contributed by atoms with E-state index in [0.29, 0.717) is 32.0 Å². The van der Waals surface area contributed by atoms with Gasteiger partial charge in [-0.1, -0.05) is 39.8 Å². The normalized spacial score (nSPS) is 32.5. The highest BCUT2D eigenvalue weighted by molar-refractivity contribution is 7.89. The van der Waals surface area contributed by atoms with E-state index in [0.717, 1.165) is 23.9 Å². The minimum atomic E-state index is -3.47. The molecule has 0 unspecified atom stereocenters. The number of benzene rings is 1. The number of nitrogens with zero attached hydrogens (tertiary/aromatic N) is 3. The molecule has 2 aliphatic carbocycles. The summed E-state index contributed by atoms with van der Waals surface area (Å²) in [4.78, 5) is 18.0. The van der Waals surface area contributed by atoms with Gasteiger partial charge in [-0.15, -0.1) is 0 Å². The Balaban J connectivity index is 1.45. The number of para-hydroxylation sites is 2. The van der Waals surface area contributed by atoms with Gasteiger partial charge in [0.15, 0.2) is 0 Å². The largest absolute Gasteiger partial charge is 0.459 e. The van der Waals surface area contributed by atoms with E-state index in [-0.39, 0.29) is 17.1 Å². The van der Waals surface area contributed by atoms with E-state index < -0.39 is 27.2 Å². The number of hydrogen-bond donors (Lipinski definition) is 1. The number of imidazole rings is 1. The summed E-state index contributed by atoms with van der Waals surface area (Å²) in [6.07, 6.45) is 3.71. The summed E-state index contributed by atoms with van der Waals surface area (Å²) in [7, 11) is -3.47. The molecule has 2 saturated carbocycles. The second-order valence-electron chi connectivity index (χ2n) is 10.4. The number of aromatic nitrogens is 2. The van der Waals surface area contributed by atoms with Crippen LogP contribution in [0.3, 0.4) is 0 Å². The molecule has 5 rings (SSSR count). The van der Waals surface area contributed by atoms with E-state index in [2.05, 4.69) is 24.1 Å². The lowest BCUT2D eigenvalue weighted by Gasteiger charge is -2.42. The molecule has 9 heteroatoms. The zero-order valence-electron chi connectivity index (χ0n) is 19.9. The Labute approximate surface area is 195 Å².